The Hall–Kier alpha value is -1.32. The number of carbonyl (C=O) groups is 1. The Balaban J connectivity index is 1.75. The first kappa shape index (κ1) is 13.7. The summed E-state index contributed by atoms with van der Waals surface area (Å²) >= 11 is 0. The molecule has 2 N–H and O–H groups in total. The van der Waals surface area contributed by atoms with E-state index in [1.807, 2.05) is 13.8 Å². The maximum absolute atomic E-state index is 12.5. The molecule has 110 valence electrons. The predicted octanol–water partition coefficient (Wildman–Crippen LogP) is 3.26. The van der Waals surface area contributed by atoms with Crippen LogP contribution >= 0.6 is 0 Å². The summed E-state index contributed by atoms with van der Waals surface area (Å²) in [6.45, 7) is 3.91. The van der Waals surface area contributed by atoms with Gasteiger partial charge in [0.15, 0.2) is 5.69 Å². The zero-order chi connectivity index (χ0) is 14.2. The number of amides is 1. The molecule has 0 radical (unpaired) electrons. The molecule has 4 heteroatoms. The molecule has 0 aliphatic heterocycles. The average Bonchev–Trinajstić information content (AvgIpc) is 3.02. The molecule has 20 heavy (non-hydrogen) atoms. The van der Waals surface area contributed by atoms with Gasteiger partial charge in [-0.05, 0) is 44.9 Å². The van der Waals surface area contributed by atoms with E-state index in [1.54, 1.807) is 0 Å². The van der Waals surface area contributed by atoms with Crippen LogP contribution in [0.3, 0.4) is 0 Å². The van der Waals surface area contributed by atoms with Crippen molar-refractivity contribution in [2.75, 3.05) is 0 Å². The number of nitrogens with one attached hydrogen (secondary N) is 2. The van der Waals surface area contributed by atoms with Crippen molar-refractivity contribution in [3.63, 3.8) is 0 Å². The van der Waals surface area contributed by atoms with Crippen LogP contribution in [0.5, 0.6) is 0 Å². The van der Waals surface area contributed by atoms with E-state index in [-0.39, 0.29) is 5.91 Å². The first-order chi connectivity index (χ1) is 9.62. The number of nitrogens with zero attached hydrogens (tertiary/aromatic N) is 1. The van der Waals surface area contributed by atoms with Crippen molar-refractivity contribution >= 4 is 5.91 Å². The molecule has 0 aromatic carbocycles. The van der Waals surface area contributed by atoms with E-state index >= 15 is 0 Å². The van der Waals surface area contributed by atoms with Gasteiger partial charge in [-0.1, -0.05) is 25.7 Å². The van der Waals surface area contributed by atoms with E-state index in [9.17, 15) is 4.79 Å². The maximum atomic E-state index is 12.5. The van der Waals surface area contributed by atoms with Crippen molar-refractivity contribution in [3.8, 4) is 0 Å². The average molecular weight is 275 g/mol. The highest BCUT2D eigenvalue weighted by molar-refractivity contribution is 5.94. The minimum atomic E-state index is 0.00465. The second-order valence-corrected chi connectivity index (χ2v) is 6.66. The number of aryl methyl sites for hydroxylation is 1. The zero-order valence-electron chi connectivity index (χ0n) is 12.6. The highest BCUT2D eigenvalue weighted by atomic mass is 16.2. The molecular formula is C16H25N3O. The normalized spacial score (nSPS) is 25.0. The fourth-order valence-electron chi connectivity index (χ4n) is 4.14. The molecular weight excluding hydrogens is 250 g/mol. The van der Waals surface area contributed by atoms with Crippen molar-refractivity contribution in [1.29, 1.82) is 0 Å². The highest BCUT2D eigenvalue weighted by Crippen LogP contribution is 2.49. The lowest BCUT2D eigenvalue weighted by molar-refractivity contribution is 0.0800. The molecule has 1 heterocycles. The van der Waals surface area contributed by atoms with Crippen molar-refractivity contribution in [2.24, 2.45) is 5.41 Å². The monoisotopic (exact) mass is 275 g/mol. The van der Waals surface area contributed by atoms with E-state index in [2.05, 4.69) is 15.5 Å². The van der Waals surface area contributed by atoms with Gasteiger partial charge in [0.2, 0.25) is 0 Å². The van der Waals surface area contributed by atoms with Crippen LogP contribution in [0, 0.1) is 19.3 Å². The van der Waals surface area contributed by atoms with Gasteiger partial charge in [0.1, 0.15) is 0 Å². The number of hydrogen-bond donors (Lipinski definition) is 2. The quantitative estimate of drug-likeness (QED) is 0.870. The van der Waals surface area contributed by atoms with Crippen LogP contribution in [-0.4, -0.2) is 22.1 Å². The van der Waals surface area contributed by atoms with Gasteiger partial charge in [-0.25, -0.2) is 0 Å². The first-order valence-corrected chi connectivity index (χ1v) is 7.95. The topological polar surface area (TPSA) is 57.8 Å². The predicted molar refractivity (Wildman–Crippen MR) is 78.7 cm³/mol. The lowest BCUT2D eigenvalue weighted by atomic mass is 9.69. The molecule has 1 aromatic rings. The number of H-pyrrole nitrogens is 1. The Morgan fingerprint density at radius 2 is 1.85 bits per heavy atom. The number of aromatic nitrogens is 2. The fourth-order valence-corrected chi connectivity index (χ4v) is 4.14. The summed E-state index contributed by atoms with van der Waals surface area (Å²) in [7, 11) is 0. The van der Waals surface area contributed by atoms with Gasteiger partial charge in [-0.2, -0.15) is 5.10 Å². The summed E-state index contributed by atoms with van der Waals surface area (Å²) in [6, 6.07) is 0.350. The number of aromatic amines is 1. The number of rotatable bonds is 2. The summed E-state index contributed by atoms with van der Waals surface area (Å²) in [6.07, 6.45) is 10.2. The van der Waals surface area contributed by atoms with Crippen LogP contribution < -0.4 is 5.32 Å². The van der Waals surface area contributed by atoms with Crippen LogP contribution in [0.15, 0.2) is 0 Å². The summed E-state index contributed by atoms with van der Waals surface area (Å²) in [4.78, 5) is 12.5. The van der Waals surface area contributed by atoms with E-state index < -0.39 is 0 Å². The Bertz CT molecular complexity index is 500. The Morgan fingerprint density at radius 1 is 1.20 bits per heavy atom. The molecule has 2 saturated carbocycles. The third-order valence-corrected chi connectivity index (χ3v) is 5.53. The molecule has 0 saturated heterocycles. The molecule has 0 bridgehead atoms. The van der Waals surface area contributed by atoms with Crippen molar-refractivity contribution in [3.05, 3.63) is 17.0 Å². The summed E-state index contributed by atoms with van der Waals surface area (Å²) < 4.78 is 0. The van der Waals surface area contributed by atoms with Gasteiger partial charge in [-0.3, -0.25) is 9.89 Å². The zero-order valence-corrected chi connectivity index (χ0v) is 12.6. The van der Waals surface area contributed by atoms with Crippen molar-refractivity contribution in [2.45, 2.75) is 71.3 Å². The second kappa shape index (κ2) is 5.23. The van der Waals surface area contributed by atoms with Crippen LogP contribution in [0.25, 0.3) is 0 Å². The van der Waals surface area contributed by atoms with Gasteiger partial charge in [-0.15, -0.1) is 0 Å². The molecule has 1 spiro atoms. The van der Waals surface area contributed by atoms with Crippen LogP contribution in [0.2, 0.25) is 0 Å². The Morgan fingerprint density at radius 3 is 2.45 bits per heavy atom. The second-order valence-electron chi connectivity index (χ2n) is 6.66. The van der Waals surface area contributed by atoms with Crippen LogP contribution in [0.1, 0.15) is 73.1 Å². The molecule has 2 fully saturated rings. The van der Waals surface area contributed by atoms with E-state index in [0.717, 1.165) is 17.7 Å². The van der Waals surface area contributed by atoms with E-state index in [1.165, 1.54) is 44.9 Å². The Kier molecular flexibility index (Phi) is 3.57. The fraction of sp³-hybridized carbons (Fsp3) is 0.750. The van der Waals surface area contributed by atoms with Crippen LogP contribution in [-0.2, 0) is 0 Å². The lowest BCUT2D eigenvalue weighted by Gasteiger charge is -2.42. The molecule has 1 amide bonds. The van der Waals surface area contributed by atoms with Gasteiger partial charge in [0.05, 0.1) is 0 Å². The van der Waals surface area contributed by atoms with Crippen LogP contribution in [0.4, 0.5) is 0 Å². The molecule has 0 unspecified atom stereocenters. The minimum Gasteiger partial charge on any atom is -0.347 e. The third-order valence-electron chi connectivity index (χ3n) is 5.53. The van der Waals surface area contributed by atoms with Gasteiger partial charge in [0.25, 0.3) is 5.91 Å². The number of carbonyl (C=O) groups excluding carboxylic acids is 1. The van der Waals surface area contributed by atoms with Crippen molar-refractivity contribution < 1.29 is 4.79 Å². The summed E-state index contributed by atoms with van der Waals surface area (Å²) in [5.41, 5.74) is 2.90. The first-order valence-electron chi connectivity index (χ1n) is 7.95. The maximum Gasteiger partial charge on any atom is 0.272 e. The van der Waals surface area contributed by atoms with Gasteiger partial charge < -0.3 is 5.32 Å². The summed E-state index contributed by atoms with van der Waals surface area (Å²) in [5, 5.41) is 10.4. The third kappa shape index (κ3) is 2.25. The highest BCUT2D eigenvalue weighted by Gasteiger charge is 2.43. The summed E-state index contributed by atoms with van der Waals surface area (Å²) in [5.74, 6) is 0.00465. The van der Waals surface area contributed by atoms with Crippen molar-refractivity contribution in [1.82, 2.24) is 15.5 Å². The molecule has 1 atom stereocenters. The van der Waals surface area contributed by atoms with Gasteiger partial charge in [0, 0.05) is 17.3 Å². The molecule has 2 aliphatic carbocycles. The standard InChI is InChI=1S/C16H25N3O/c1-11-12(2)18-19-14(11)15(20)17-13-7-3-4-8-16(13)9-5-6-10-16/h13H,3-10H2,1-2H3,(H,17,20)(H,18,19)/t13-/m1/s1. The molecule has 1 aromatic heterocycles. The largest absolute Gasteiger partial charge is 0.347 e. The number of hydrogen-bond acceptors (Lipinski definition) is 2. The van der Waals surface area contributed by atoms with Gasteiger partial charge >= 0.3 is 0 Å². The molecule has 4 nitrogen and oxygen atoms in total. The minimum absolute atomic E-state index is 0.00465. The Labute approximate surface area is 120 Å². The lowest BCUT2D eigenvalue weighted by Crippen LogP contribution is -2.48. The molecule has 2 aliphatic rings. The van der Waals surface area contributed by atoms with E-state index in [4.69, 9.17) is 0 Å². The smallest absolute Gasteiger partial charge is 0.272 e. The van der Waals surface area contributed by atoms with E-state index in [0.29, 0.717) is 17.2 Å². The molecule has 3 rings (SSSR count). The SMILES string of the molecule is Cc1[nH]nc(C(=O)N[C@@H]2CCCCC23CCCC3)c1C.